The molecular weight excluding hydrogens is 327 g/mol. The second kappa shape index (κ2) is 6.48. The van der Waals surface area contributed by atoms with Crippen molar-refractivity contribution in [3.8, 4) is 5.88 Å². The van der Waals surface area contributed by atoms with Gasteiger partial charge >= 0.3 is 0 Å². The maximum absolute atomic E-state index is 13.8. The number of carbonyl (C=O) groups is 1. The molecule has 7 heteroatoms. The number of furan rings is 1. The van der Waals surface area contributed by atoms with Gasteiger partial charge in [-0.1, -0.05) is 0 Å². The fourth-order valence-electron chi connectivity index (χ4n) is 3.62. The average Bonchev–Trinajstić information content (AvgIpc) is 3.23. The van der Waals surface area contributed by atoms with E-state index in [1.54, 1.807) is 11.0 Å². The van der Waals surface area contributed by atoms with Crippen LogP contribution in [0.25, 0.3) is 0 Å². The Bertz CT molecular complexity index is 778. The van der Waals surface area contributed by atoms with Crippen molar-refractivity contribution in [3.05, 3.63) is 47.8 Å². The van der Waals surface area contributed by atoms with Gasteiger partial charge in [0.2, 0.25) is 0 Å². The van der Waals surface area contributed by atoms with E-state index >= 15 is 0 Å². The van der Waals surface area contributed by atoms with Gasteiger partial charge in [-0.2, -0.15) is 0 Å². The quantitative estimate of drug-likeness (QED) is 0.855. The molecule has 0 bridgehead atoms. The lowest BCUT2D eigenvalue weighted by Gasteiger charge is -2.38. The molecule has 1 amide bonds. The normalized spacial score (nSPS) is 25.7. The highest BCUT2D eigenvalue weighted by Gasteiger charge is 2.46. The van der Waals surface area contributed by atoms with Crippen LogP contribution >= 0.6 is 0 Å². The predicted molar refractivity (Wildman–Crippen MR) is 85.9 cm³/mol. The Balaban J connectivity index is 1.52. The van der Waals surface area contributed by atoms with Crippen molar-refractivity contribution < 1.29 is 23.1 Å². The van der Waals surface area contributed by atoms with Crippen LogP contribution in [0.5, 0.6) is 5.88 Å². The summed E-state index contributed by atoms with van der Waals surface area (Å²) in [5.74, 6) is -0.297. The standard InChI is InChI=1S/C18H19FN2O4/c1-11-6-9-23-15(11)18(22)21-8-10-24-16-13(21)4-5-14(16)25-17-12(19)3-2-7-20-17/h2-3,6-7,9,13-14,16H,4-5,8,10H2,1H3/t13-,14-,16+/m0/s1. The molecule has 1 aliphatic carbocycles. The second-order valence-corrected chi connectivity index (χ2v) is 6.36. The number of fused-ring (bicyclic) bond motifs is 1. The van der Waals surface area contributed by atoms with E-state index in [-0.39, 0.29) is 30.0 Å². The monoisotopic (exact) mass is 346 g/mol. The number of nitrogens with zero attached hydrogens (tertiary/aromatic N) is 2. The van der Waals surface area contributed by atoms with E-state index in [0.717, 1.165) is 12.0 Å². The minimum absolute atomic E-state index is 0.0259. The molecule has 2 fully saturated rings. The minimum Gasteiger partial charge on any atom is -0.469 e. The van der Waals surface area contributed by atoms with Crippen molar-refractivity contribution in [2.24, 2.45) is 0 Å². The van der Waals surface area contributed by atoms with Crippen LogP contribution in [0.3, 0.4) is 0 Å². The highest BCUT2D eigenvalue weighted by Crippen LogP contribution is 2.34. The van der Waals surface area contributed by atoms with Gasteiger partial charge in [-0.3, -0.25) is 4.79 Å². The number of morpholine rings is 1. The number of pyridine rings is 1. The molecule has 2 aliphatic rings. The van der Waals surface area contributed by atoms with Gasteiger partial charge in [-0.25, -0.2) is 9.37 Å². The lowest BCUT2D eigenvalue weighted by atomic mass is 10.1. The van der Waals surface area contributed by atoms with Crippen LogP contribution in [0.4, 0.5) is 4.39 Å². The number of hydrogen-bond donors (Lipinski definition) is 0. The summed E-state index contributed by atoms with van der Waals surface area (Å²) in [5, 5.41) is 0. The lowest BCUT2D eigenvalue weighted by Crippen LogP contribution is -2.54. The molecule has 25 heavy (non-hydrogen) atoms. The number of rotatable bonds is 3. The number of carbonyl (C=O) groups excluding carboxylic acids is 1. The van der Waals surface area contributed by atoms with E-state index in [1.807, 2.05) is 6.92 Å². The van der Waals surface area contributed by atoms with Crippen molar-refractivity contribution in [1.29, 1.82) is 0 Å². The van der Waals surface area contributed by atoms with Crippen LogP contribution in [0.15, 0.2) is 35.1 Å². The second-order valence-electron chi connectivity index (χ2n) is 6.36. The molecule has 2 aromatic heterocycles. The summed E-state index contributed by atoms with van der Waals surface area (Å²) in [6.07, 6.45) is 3.78. The predicted octanol–water partition coefficient (Wildman–Crippen LogP) is 2.57. The molecule has 132 valence electrons. The van der Waals surface area contributed by atoms with Gasteiger partial charge < -0.3 is 18.8 Å². The molecule has 0 unspecified atom stereocenters. The Hall–Kier alpha value is -2.41. The zero-order chi connectivity index (χ0) is 17.4. The Morgan fingerprint density at radius 2 is 2.28 bits per heavy atom. The van der Waals surface area contributed by atoms with Crippen LogP contribution in [0, 0.1) is 12.7 Å². The molecule has 1 saturated carbocycles. The van der Waals surface area contributed by atoms with E-state index in [4.69, 9.17) is 13.9 Å². The number of halogens is 1. The third kappa shape index (κ3) is 2.89. The fraction of sp³-hybridized carbons (Fsp3) is 0.444. The van der Waals surface area contributed by atoms with E-state index in [2.05, 4.69) is 4.98 Å². The van der Waals surface area contributed by atoms with E-state index in [9.17, 15) is 9.18 Å². The number of ether oxygens (including phenoxy) is 2. The zero-order valence-electron chi connectivity index (χ0n) is 13.9. The van der Waals surface area contributed by atoms with Crippen LogP contribution in [0.1, 0.15) is 29.0 Å². The highest BCUT2D eigenvalue weighted by atomic mass is 19.1. The summed E-state index contributed by atoms with van der Waals surface area (Å²) in [4.78, 5) is 18.5. The van der Waals surface area contributed by atoms with Crippen molar-refractivity contribution in [1.82, 2.24) is 9.88 Å². The summed E-state index contributed by atoms with van der Waals surface area (Å²) in [6.45, 7) is 2.76. The minimum atomic E-state index is -0.499. The average molecular weight is 346 g/mol. The topological polar surface area (TPSA) is 64.8 Å². The first kappa shape index (κ1) is 16.1. The molecule has 6 nitrogen and oxygen atoms in total. The van der Waals surface area contributed by atoms with Crippen LogP contribution in [-0.2, 0) is 4.74 Å². The highest BCUT2D eigenvalue weighted by molar-refractivity contribution is 5.93. The van der Waals surface area contributed by atoms with Gasteiger partial charge in [0.1, 0.15) is 12.2 Å². The third-order valence-corrected chi connectivity index (χ3v) is 4.84. The molecule has 2 aromatic rings. The third-order valence-electron chi connectivity index (χ3n) is 4.84. The molecule has 0 aromatic carbocycles. The molecule has 0 spiro atoms. The molecular formula is C18H19FN2O4. The Kier molecular flexibility index (Phi) is 4.17. The van der Waals surface area contributed by atoms with Crippen molar-refractivity contribution >= 4 is 5.91 Å². The summed E-state index contributed by atoms with van der Waals surface area (Å²) < 4.78 is 30.7. The van der Waals surface area contributed by atoms with E-state index < -0.39 is 5.82 Å². The van der Waals surface area contributed by atoms with Gasteiger partial charge in [0.05, 0.1) is 18.9 Å². The SMILES string of the molecule is Cc1ccoc1C(=O)N1CCO[C@H]2[C@@H](Oc3ncccc3F)CC[C@@H]21. The first-order valence-electron chi connectivity index (χ1n) is 8.39. The van der Waals surface area contributed by atoms with Gasteiger partial charge in [0, 0.05) is 18.3 Å². The van der Waals surface area contributed by atoms with Gasteiger partial charge in [0.25, 0.3) is 11.8 Å². The first-order chi connectivity index (χ1) is 12.1. The largest absolute Gasteiger partial charge is 0.469 e. The summed E-state index contributed by atoms with van der Waals surface area (Å²) in [5.41, 5.74) is 0.814. The van der Waals surface area contributed by atoms with E-state index in [1.165, 1.54) is 24.6 Å². The summed E-state index contributed by atoms with van der Waals surface area (Å²) in [7, 11) is 0. The van der Waals surface area contributed by atoms with Crippen molar-refractivity contribution in [3.63, 3.8) is 0 Å². The molecule has 0 radical (unpaired) electrons. The number of amides is 1. The summed E-state index contributed by atoms with van der Waals surface area (Å²) in [6, 6.07) is 4.49. The molecule has 0 N–H and O–H groups in total. The molecule has 1 saturated heterocycles. The van der Waals surface area contributed by atoms with E-state index in [0.29, 0.717) is 25.3 Å². The zero-order valence-corrected chi connectivity index (χ0v) is 13.9. The van der Waals surface area contributed by atoms with Gasteiger partial charge in [0.15, 0.2) is 11.6 Å². The Labute approximate surface area is 144 Å². The first-order valence-corrected chi connectivity index (χ1v) is 8.39. The summed E-state index contributed by atoms with van der Waals surface area (Å²) >= 11 is 0. The number of aromatic nitrogens is 1. The van der Waals surface area contributed by atoms with Crippen LogP contribution in [-0.4, -0.2) is 47.2 Å². The molecule has 1 aliphatic heterocycles. The maximum atomic E-state index is 13.8. The smallest absolute Gasteiger partial charge is 0.290 e. The Morgan fingerprint density at radius 3 is 3.04 bits per heavy atom. The van der Waals surface area contributed by atoms with Crippen LogP contribution in [0.2, 0.25) is 0 Å². The van der Waals surface area contributed by atoms with Crippen molar-refractivity contribution in [2.45, 2.75) is 38.0 Å². The Morgan fingerprint density at radius 1 is 1.40 bits per heavy atom. The fourth-order valence-corrected chi connectivity index (χ4v) is 3.62. The van der Waals surface area contributed by atoms with Gasteiger partial charge in [-0.05, 0) is 38.0 Å². The van der Waals surface area contributed by atoms with Crippen molar-refractivity contribution in [2.75, 3.05) is 13.2 Å². The maximum Gasteiger partial charge on any atom is 0.290 e. The van der Waals surface area contributed by atoms with Crippen LogP contribution < -0.4 is 4.74 Å². The molecule has 4 rings (SSSR count). The lowest BCUT2D eigenvalue weighted by molar-refractivity contribution is -0.0804. The van der Waals surface area contributed by atoms with Gasteiger partial charge in [-0.15, -0.1) is 0 Å². The number of hydrogen-bond acceptors (Lipinski definition) is 5. The number of aryl methyl sites for hydroxylation is 1. The molecule has 3 heterocycles. The molecule has 3 atom stereocenters.